The van der Waals surface area contributed by atoms with Gasteiger partial charge >= 0.3 is 5.97 Å². The molecule has 1 aliphatic heterocycles. The summed E-state index contributed by atoms with van der Waals surface area (Å²) in [5.74, 6) is -0.256. The molecule has 1 N–H and O–H groups in total. The molecular formula is C15H25N3O3. The molecule has 0 spiro atoms. The van der Waals surface area contributed by atoms with Gasteiger partial charge < -0.3 is 14.0 Å². The summed E-state index contributed by atoms with van der Waals surface area (Å²) in [6.45, 7) is 6.60. The third-order valence-corrected chi connectivity index (χ3v) is 3.60. The zero-order valence-electron chi connectivity index (χ0n) is 12.9. The number of imidazole rings is 1. The topological polar surface area (TPSA) is 65.4 Å². The summed E-state index contributed by atoms with van der Waals surface area (Å²) in [5.41, 5.74) is 0.855. The number of aromatic nitrogens is 2. The Hall–Kier alpha value is -1.40. The second kappa shape index (κ2) is 8.14. The molecule has 1 saturated heterocycles. The van der Waals surface area contributed by atoms with Gasteiger partial charge in [-0.05, 0) is 26.2 Å². The maximum atomic E-state index is 12.2. The minimum atomic E-state index is -0.483. The molecule has 2 heterocycles. The molecule has 2 atom stereocenters. The standard InChI is InChI=1S/C15H25N3O3/c1-3-7-18-11-16-10-13(18)14(15(19)20-4-2)17-9-12-6-5-8-21-12/h10-12,14,17H,3-9H2,1-2H3. The van der Waals surface area contributed by atoms with E-state index in [9.17, 15) is 4.79 Å². The lowest BCUT2D eigenvalue weighted by molar-refractivity contribution is -0.146. The minimum absolute atomic E-state index is 0.185. The average molecular weight is 295 g/mol. The number of rotatable bonds is 8. The lowest BCUT2D eigenvalue weighted by atomic mass is 10.2. The lowest BCUT2D eigenvalue weighted by Gasteiger charge is -2.20. The van der Waals surface area contributed by atoms with Crippen LogP contribution in [0.3, 0.4) is 0 Å². The van der Waals surface area contributed by atoms with E-state index in [4.69, 9.17) is 9.47 Å². The third-order valence-electron chi connectivity index (χ3n) is 3.60. The molecular weight excluding hydrogens is 270 g/mol. The van der Waals surface area contributed by atoms with Gasteiger partial charge in [-0.25, -0.2) is 9.78 Å². The zero-order valence-corrected chi connectivity index (χ0v) is 12.9. The number of nitrogens with zero attached hydrogens (tertiary/aromatic N) is 2. The zero-order chi connectivity index (χ0) is 15.1. The first-order valence-corrected chi connectivity index (χ1v) is 7.77. The van der Waals surface area contributed by atoms with E-state index < -0.39 is 6.04 Å². The number of carbonyl (C=O) groups is 1. The summed E-state index contributed by atoms with van der Waals surface area (Å²) in [6.07, 6.45) is 6.80. The van der Waals surface area contributed by atoms with Gasteiger partial charge in [-0.15, -0.1) is 0 Å². The van der Waals surface area contributed by atoms with Gasteiger partial charge in [-0.2, -0.15) is 0 Å². The number of carbonyl (C=O) groups excluding carboxylic acids is 1. The van der Waals surface area contributed by atoms with E-state index in [1.54, 1.807) is 12.5 Å². The molecule has 0 saturated carbocycles. The first-order chi connectivity index (χ1) is 10.3. The highest BCUT2D eigenvalue weighted by atomic mass is 16.5. The Labute approximate surface area is 125 Å². The molecule has 6 nitrogen and oxygen atoms in total. The van der Waals surface area contributed by atoms with Gasteiger partial charge in [0.1, 0.15) is 6.04 Å². The maximum absolute atomic E-state index is 12.2. The summed E-state index contributed by atoms with van der Waals surface area (Å²) < 4.78 is 12.8. The monoisotopic (exact) mass is 295 g/mol. The van der Waals surface area contributed by atoms with Crippen LogP contribution in [-0.2, 0) is 20.8 Å². The van der Waals surface area contributed by atoms with Crippen LogP contribution in [0.2, 0.25) is 0 Å². The SMILES string of the molecule is CCCn1cncc1C(NCC1CCCO1)C(=O)OCC. The molecule has 1 aromatic rings. The van der Waals surface area contributed by atoms with Crippen molar-refractivity contribution in [3.8, 4) is 0 Å². The Balaban J connectivity index is 2.06. The van der Waals surface area contributed by atoms with Crippen LogP contribution < -0.4 is 5.32 Å². The molecule has 1 aromatic heterocycles. The van der Waals surface area contributed by atoms with Crippen molar-refractivity contribution >= 4 is 5.97 Å². The van der Waals surface area contributed by atoms with Crippen LogP contribution >= 0.6 is 0 Å². The van der Waals surface area contributed by atoms with Gasteiger partial charge in [0.05, 0.1) is 30.9 Å². The predicted molar refractivity (Wildman–Crippen MR) is 78.9 cm³/mol. The van der Waals surface area contributed by atoms with Crippen molar-refractivity contribution in [2.75, 3.05) is 19.8 Å². The van der Waals surface area contributed by atoms with Crippen molar-refractivity contribution in [3.05, 3.63) is 18.2 Å². The van der Waals surface area contributed by atoms with E-state index in [0.717, 1.165) is 38.1 Å². The van der Waals surface area contributed by atoms with Gasteiger partial charge in [0, 0.05) is 19.7 Å². The van der Waals surface area contributed by atoms with E-state index >= 15 is 0 Å². The highest BCUT2D eigenvalue weighted by Crippen LogP contribution is 2.17. The van der Waals surface area contributed by atoms with E-state index in [-0.39, 0.29) is 12.1 Å². The molecule has 21 heavy (non-hydrogen) atoms. The van der Waals surface area contributed by atoms with Crippen molar-refractivity contribution in [3.63, 3.8) is 0 Å². The van der Waals surface area contributed by atoms with Crippen LogP contribution in [0.25, 0.3) is 0 Å². The average Bonchev–Trinajstić information content (AvgIpc) is 3.12. The maximum Gasteiger partial charge on any atom is 0.329 e. The van der Waals surface area contributed by atoms with Gasteiger partial charge in [0.2, 0.25) is 0 Å². The number of aryl methyl sites for hydroxylation is 1. The Morgan fingerprint density at radius 2 is 2.48 bits per heavy atom. The highest BCUT2D eigenvalue weighted by Gasteiger charge is 2.27. The van der Waals surface area contributed by atoms with Gasteiger partial charge in [0.15, 0.2) is 0 Å². The molecule has 0 aliphatic carbocycles. The summed E-state index contributed by atoms with van der Waals surface area (Å²) >= 11 is 0. The smallest absolute Gasteiger partial charge is 0.329 e. The summed E-state index contributed by atoms with van der Waals surface area (Å²) in [7, 11) is 0. The van der Waals surface area contributed by atoms with E-state index in [2.05, 4.69) is 17.2 Å². The molecule has 0 aromatic carbocycles. The fourth-order valence-corrected chi connectivity index (χ4v) is 2.59. The van der Waals surface area contributed by atoms with Gasteiger partial charge in [0.25, 0.3) is 0 Å². The summed E-state index contributed by atoms with van der Waals surface area (Å²) in [6, 6.07) is -0.483. The number of nitrogens with one attached hydrogen (secondary N) is 1. The van der Waals surface area contributed by atoms with Crippen LogP contribution in [0.15, 0.2) is 12.5 Å². The Morgan fingerprint density at radius 3 is 3.14 bits per heavy atom. The third kappa shape index (κ3) is 4.28. The first-order valence-electron chi connectivity index (χ1n) is 7.77. The fourth-order valence-electron chi connectivity index (χ4n) is 2.59. The molecule has 1 fully saturated rings. The Kier molecular flexibility index (Phi) is 6.20. The Bertz CT molecular complexity index is 441. The summed E-state index contributed by atoms with van der Waals surface area (Å²) in [5, 5.41) is 3.29. The van der Waals surface area contributed by atoms with Gasteiger partial charge in [-0.3, -0.25) is 5.32 Å². The van der Waals surface area contributed by atoms with Crippen LogP contribution in [0.5, 0.6) is 0 Å². The van der Waals surface area contributed by atoms with Crippen molar-refractivity contribution in [2.45, 2.75) is 51.8 Å². The summed E-state index contributed by atoms with van der Waals surface area (Å²) in [4.78, 5) is 16.4. The molecule has 0 radical (unpaired) electrons. The molecule has 2 rings (SSSR count). The van der Waals surface area contributed by atoms with Crippen LogP contribution in [-0.4, -0.2) is 41.4 Å². The van der Waals surface area contributed by atoms with E-state index in [0.29, 0.717) is 13.2 Å². The lowest BCUT2D eigenvalue weighted by Crippen LogP contribution is -2.36. The van der Waals surface area contributed by atoms with Crippen molar-refractivity contribution in [1.29, 1.82) is 0 Å². The van der Waals surface area contributed by atoms with Crippen molar-refractivity contribution in [2.24, 2.45) is 0 Å². The number of hydrogen-bond donors (Lipinski definition) is 1. The predicted octanol–water partition coefficient (Wildman–Crippen LogP) is 1.67. The quantitative estimate of drug-likeness (QED) is 0.739. The second-order valence-corrected chi connectivity index (χ2v) is 5.24. The molecule has 0 amide bonds. The molecule has 2 unspecified atom stereocenters. The van der Waals surface area contributed by atoms with Crippen molar-refractivity contribution in [1.82, 2.24) is 14.9 Å². The number of hydrogen-bond acceptors (Lipinski definition) is 5. The van der Waals surface area contributed by atoms with Gasteiger partial charge in [-0.1, -0.05) is 6.92 Å². The van der Waals surface area contributed by atoms with E-state index in [1.807, 2.05) is 11.5 Å². The van der Waals surface area contributed by atoms with Crippen LogP contribution in [0.1, 0.15) is 44.8 Å². The molecule has 118 valence electrons. The van der Waals surface area contributed by atoms with Crippen LogP contribution in [0, 0.1) is 0 Å². The fraction of sp³-hybridized carbons (Fsp3) is 0.733. The van der Waals surface area contributed by atoms with Crippen molar-refractivity contribution < 1.29 is 14.3 Å². The Morgan fingerprint density at radius 1 is 1.62 bits per heavy atom. The van der Waals surface area contributed by atoms with Crippen LogP contribution in [0.4, 0.5) is 0 Å². The first kappa shape index (κ1) is 16.0. The largest absolute Gasteiger partial charge is 0.465 e. The number of ether oxygens (including phenoxy) is 2. The number of esters is 1. The molecule has 6 heteroatoms. The van der Waals surface area contributed by atoms with E-state index in [1.165, 1.54) is 0 Å². The molecule has 0 bridgehead atoms. The minimum Gasteiger partial charge on any atom is -0.465 e. The molecule has 1 aliphatic rings. The second-order valence-electron chi connectivity index (χ2n) is 5.24. The highest BCUT2D eigenvalue weighted by molar-refractivity contribution is 5.77. The normalized spacial score (nSPS) is 19.6.